The summed E-state index contributed by atoms with van der Waals surface area (Å²) in [6.07, 6.45) is 1.70. The van der Waals surface area contributed by atoms with Crippen LogP contribution in [0.15, 0.2) is 54.7 Å². The SMILES string of the molecule is COc1cc(Nc2ccnc(N(C)c3ccccc3)n2)c(OC)cc1Cl. The highest BCUT2D eigenvalue weighted by atomic mass is 35.5. The second-order valence-electron chi connectivity index (χ2n) is 5.45. The molecule has 0 saturated heterocycles. The molecule has 3 aromatic rings. The fraction of sp³-hybridized carbons (Fsp3) is 0.158. The molecule has 0 atom stereocenters. The van der Waals surface area contributed by atoms with Gasteiger partial charge >= 0.3 is 0 Å². The first-order valence-electron chi connectivity index (χ1n) is 7.92. The second-order valence-corrected chi connectivity index (χ2v) is 5.86. The quantitative estimate of drug-likeness (QED) is 0.681. The summed E-state index contributed by atoms with van der Waals surface area (Å²) in [6.45, 7) is 0. The average Bonchev–Trinajstić information content (AvgIpc) is 2.69. The number of ether oxygens (including phenoxy) is 2. The van der Waals surface area contributed by atoms with Crippen molar-refractivity contribution in [2.24, 2.45) is 0 Å². The number of aromatic nitrogens is 2. The van der Waals surface area contributed by atoms with E-state index in [9.17, 15) is 0 Å². The topological polar surface area (TPSA) is 59.5 Å². The van der Waals surface area contributed by atoms with Gasteiger partial charge in [0.25, 0.3) is 0 Å². The number of anilines is 4. The van der Waals surface area contributed by atoms with Crippen LogP contribution in [0.2, 0.25) is 5.02 Å². The zero-order chi connectivity index (χ0) is 18.5. The van der Waals surface area contributed by atoms with Crippen LogP contribution in [0, 0.1) is 0 Å². The highest BCUT2D eigenvalue weighted by molar-refractivity contribution is 6.32. The van der Waals surface area contributed by atoms with E-state index in [0.29, 0.717) is 34.0 Å². The Balaban J connectivity index is 1.90. The summed E-state index contributed by atoms with van der Waals surface area (Å²) in [4.78, 5) is 10.8. The fourth-order valence-electron chi connectivity index (χ4n) is 2.44. The van der Waals surface area contributed by atoms with E-state index < -0.39 is 0 Å². The smallest absolute Gasteiger partial charge is 0.231 e. The van der Waals surface area contributed by atoms with E-state index >= 15 is 0 Å². The number of hydrogen-bond acceptors (Lipinski definition) is 6. The Labute approximate surface area is 157 Å². The van der Waals surface area contributed by atoms with Crippen molar-refractivity contribution in [3.63, 3.8) is 0 Å². The van der Waals surface area contributed by atoms with Crippen LogP contribution in [-0.4, -0.2) is 31.2 Å². The van der Waals surface area contributed by atoms with Crippen molar-refractivity contribution < 1.29 is 9.47 Å². The molecule has 26 heavy (non-hydrogen) atoms. The Bertz CT molecular complexity index is 890. The lowest BCUT2D eigenvalue weighted by Gasteiger charge is -2.18. The first kappa shape index (κ1) is 17.8. The highest BCUT2D eigenvalue weighted by Crippen LogP contribution is 2.37. The van der Waals surface area contributed by atoms with Gasteiger partial charge in [-0.3, -0.25) is 0 Å². The third kappa shape index (κ3) is 3.81. The molecule has 0 aliphatic rings. The van der Waals surface area contributed by atoms with Crippen molar-refractivity contribution in [2.75, 3.05) is 31.5 Å². The molecule has 0 aliphatic heterocycles. The number of nitrogens with zero attached hydrogens (tertiary/aromatic N) is 3. The first-order chi connectivity index (χ1) is 12.6. The van der Waals surface area contributed by atoms with Gasteiger partial charge in [-0.1, -0.05) is 29.8 Å². The minimum atomic E-state index is 0.474. The van der Waals surface area contributed by atoms with Crippen LogP contribution < -0.4 is 19.7 Å². The van der Waals surface area contributed by atoms with Crippen molar-refractivity contribution in [2.45, 2.75) is 0 Å². The van der Waals surface area contributed by atoms with Crippen molar-refractivity contribution in [3.8, 4) is 11.5 Å². The van der Waals surface area contributed by atoms with E-state index in [1.54, 1.807) is 38.6 Å². The van der Waals surface area contributed by atoms with Crippen LogP contribution in [0.25, 0.3) is 0 Å². The Morgan fingerprint density at radius 2 is 1.73 bits per heavy atom. The lowest BCUT2D eigenvalue weighted by atomic mass is 10.2. The van der Waals surface area contributed by atoms with Crippen LogP contribution in [0.3, 0.4) is 0 Å². The Kier molecular flexibility index (Phi) is 5.43. The number of benzene rings is 2. The van der Waals surface area contributed by atoms with E-state index in [0.717, 1.165) is 5.69 Å². The number of hydrogen-bond donors (Lipinski definition) is 1. The molecule has 0 amide bonds. The average molecular weight is 371 g/mol. The minimum Gasteiger partial charge on any atom is -0.495 e. The normalized spacial score (nSPS) is 10.3. The molecular weight excluding hydrogens is 352 g/mol. The molecule has 0 unspecified atom stereocenters. The summed E-state index contributed by atoms with van der Waals surface area (Å²) in [7, 11) is 5.06. The van der Waals surface area contributed by atoms with Gasteiger partial charge in [0.05, 0.1) is 24.9 Å². The second kappa shape index (κ2) is 7.93. The molecule has 1 N–H and O–H groups in total. The lowest BCUT2D eigenvalue weighted by Crippen LogP contribution is -2.13. The van der Waals surface area contributed by atoms with E-state index in [4.69, 9.17) is 21.1 Å². The third-order valence-corrected chi connectivity index (χ3v) is 4.12. The molecule has 3 rings (SSSR count). The molecule has 0 saturated carbocycles. The van der Waals surface area contributed by atoms with Gasteiger partial charge < -0.3 is 19.7 Å². The third-order valence-electron chi connectivity index (χ3n) is 3.82. The van der Waals surface area contributed by atoms with Crippen LogP contribution >= 0.6 is 11.6 Å². The van der Waals surface area contributed by atoms with Gasteiger partial charge in [-0.15, -0.1) is 0 Å². The number of methoxy groups -OCH3 is 2. The van der Waals surface area contributed by atoms with Gasteiger partial charge in [0.1, 0.15) is 17.3 Å². The maximum absolute atomic E-state index is 6.15. The zero-order valence-electron chi connectivity index (χ0n) is 14.7. The van der Waals surface area contributed by atoms with E-state index in [2.05, 4.69) is 15.3 Å². The number of nitrogens with one attached hydrogen (secondary N) is 1. The number of halogens is 1. The van der Waals surface area contributed by atoms with Gasteiger partial charge in [-0.25, -0.2) is 4.98 Å². The maximum Gasteiger partial charge on any atom is 0.231 e. The molecule has 0 radical (unpaired) electrons. The molecule has 1 aromatic heterocycles. The highest BCUT2D eigenvalue weighted by Gasteiger charge is 2.12. The first-order valence-corrected chi connectivity index (χ1v) is 8.30. The number of rotatable bonds is 6. The fourth-order valence-corrected chi connectivity index (χ4v) is 2.67. The van der Waals surface area contributed by atoms with Crippen molar-refractivity contribution in [1.29, 1.82) is 0 Å². The summed E-state index contributed by atoms with van der Waals surface area (Å²) in [5, 5.41) is 3.70. The molecule has 0 aliphatic carbocycles. The molecule has 0 spiro atoms. The molecule has 134 valence electrons. The Hall–Kier alpha value is -2.99. The van der Waals surface area contributed by atoms with Gasteiger partial charge in [0.2, 0.25) is 5.95 Å². The minimum absolute atomic E-state index is 0.474. The summed E-state index contributed by atoms with van der Waals surface area (Å²) in [5.41, 5.74) is 1.69. The molecule has 1 heterocycles. The Morgan fingerprint density at radius 1 is 1.00 bits per heavy atom. The van der Waals surface area contributed by atoms with E-state index in [1.807, 2.05) is 42.3 Å². The molecule has 6 nitrogen and oxygen atoms in total. The van der Waals surface area contributed by atoms with E-state index in [-0.39, 0.29) is 0 Å². The summed E-state index contributed by atoms with van der Waals surface area (Å²) in [5.74, 6) is 2.33. The molecule has 0 fully saturated rings. The zero-order valence-corrected chi connectivity index (χ0v) is 15.5. The largest absolute Gasteiger partial charge is 0.495 e. The van der Waals surface area contributed by atoms with Gasteiger partial charge in [-0.05, 0) is 18.2 Å². The van der Waals surface area contributed by atoms with Crippen molar-refractivity contribution in [3.05, 3.63) is 59.8 Å². The summed E-state index contributed by atoms with van der Waals surface area (Å²) >= 11 is 6.15. The summed E-state index contributed by atoms with van der Waals surface area (Å²) < 4.78 is 10.7. The van der Waals surface area contributed by atoms with Crippen LogP contribution in [0.5, 0.6) is 11.5 Å². The monoisotopic (exact) mass is 370 g/mol. The number of para-hydroxylation sites is 1. The summed E-state index contributed by atoms with van der Waals surface area (Å²) in [6, 6.07) is 15.1. The Morgan fingerprint density at radius 3 is 2.42 bits per heavy atom. The lowest BCUT2D eigenvalue weighted by molar-refractivity contribution is 0.405. The predicted molar refractivity (Wildman–Crippen MR) is 104 cm³/mol. The predicted octanol–water partition coefficient (Wildman–Crippen LogP) is 4.66. The van der Waals surface area contributed by atoms with Crippen molar-refractivity contribution in [1.82, 2.24) is 9.97 Å². The van der Waals surface area contributed by atoms with E-state index in [1.165, 1.54) is 0 Å². The molecular formula is C19H19ClN4O2. The van der Waals surface area contributed by atoms with Crippen LogP contribution in [0.4, 0.5) is 23.1 Å². The van der Waals surface area contributed by atoms with Crippen LogP contribution in [-0.2, 0) is 0 Å². The maximum atomic E-state index is 6.15. The van der Waals surface area contributed by atoms with Crippen LogP contribution in [0.1, 0.15) is 0 Å². The van der Waals surface area contributed by atoms with Gasteiger partial charge in [-0.2, -0.15) is 4.98 Å². The standard InChI is InChI=1S/C19H19ClN4O2/c1-24(13-7-5-4-6-8-13)19-21-10-9-18(23-19)22-15-12-16(25-2)14(20)11-17(15)26-3/h4-12H,1-3H3,(H,21,22,23). The van der Waals surface area contributed by atoms with Crippen molar-refractivity contribution >= 4 is 34.7 Å². The molecule has 2 aromatic carbocycles. The molecule has 7 heteroatoms. The molecule has 0 bridgehead atoms. The van der Waals surface area contributed by atoms with Gasteiger partial charge in [0.15, 0.2) is 0 Å². The van der Waals surface area contributed by atoms with Gasteiger partial charge in [0, 0.05) is 31.1 Å².